The molecule has 4 aromatic rings. The predicted molar refractivity (Wildman–Crippen MR) is 101 cm³/mol. The first-order valence-electron chi connectivity index (χ1n) is 8.23. The summed E-state index contributed by atoms with van der Waals surface area (Å²) in [5, 5.41) is 0.708. The van der Waals surface area contributed by atoms with Crippen LogP contribution in [0.4, 0.5) is 5.82 Å². The lowest BCUT2D eigenvalue weighted by Crippen LogP contribution is -1.96. The minimum absolute atomic E-state index is 0.397. The normalized spacial score (nSPS) is 10.6. The van der Waals surface area contributed by atoms with Crippen molar-refractivity contribution in [3.8, 4) is 17.2 Å². The molecule has 2 N–H and O–H groups in total. The van der Waals surface area contributed by atoms with Crippen LogP contribution in [0, 0.1) is 0 Å². The molecular weight excluding hydrogens is 326 g/mol. The first-order valence-corrected chi connectivity index (χ1v) is 8.23. The standard InChI is InChI=1S/C21H17N3O2/c22-21-20-18(23-14-24-21)7-4-8-19(20)26-17-11-9-16(10-12-17)25-13-15-5-2-1-3-6-15/h1-12,14H,13H2,(H2,22,23,24). The number of nitrogens with zero attached hydrogens (tertiary/aromatic N) is 2. The Bertz CT molecular complexity index is 1010. The Morgan fingerprint density at radius 2 is 1.54 bits per heavy atom. The molecule has 3 aromatic carbocycles. The molecule has 5 nitrogen and oxygen atoms in total. The minimum atomic E-state index is 0.397. The number of ether oxygens (including phenoxy) is 2. The molecule has 0 fully saturated rings. The van der Waals surface area contributed by atoms with Gasteiger partial charge in [-0.25, -0.2) is 9.97 Å². The highest BCUT2D eigenvalue weighted by molar-refractivity contribution is 5.93. The Labute approximate surface area is 151 Å². The summed E-state index contributed by atoms with van der Waals surface area (Å²) in [6, 6.07) is 23.1. The van der Waals surface area contributed by atoms with E-state index in [2.05, 4.69) is 9.97 Å². The second-order valence-corrected chi connectivity index (χ2v) is 5.76. The van der Waals surface area contributed by atoms with Gasteiger partial charge in [-0.3, -0.25) is 0 Å². The monoisotopic (exact) mass is 343 g/mol. The van der Waals surface area contributed by atoms with Gasteiger partial charge in [-0.15, -0.1) is 0 Å². The smallest absolute Gasteiger partial charge is 0.140 e. The molecule has 1 heterocycles. The van der Waals surface area contributed by atoms with E-state index in [9.17, 15) is 0 Å². The van der Waals surface area contributed by atoms with Crippen LogP contribution in [0.5, 0.6) is 17.2 Å². The Kier molecular flexibility index (Phi) is 4.35. The zero-order valence-corrected chi connectivity index (χ0v) is 14.0. The van der Waals surface area contributed by atoms with E-state index in [1.165, 1.54) is 6.33 Å². The number of fused-ring (bicyclic) bond motifs is 1. The van der Waals surface area contributed by atoms with Crippen LogP contribution >= 0.6 is 0 Å². The number of nitrogens with two attached hydrogens (primary N) is 1. The molecule has 0 saturated carbocycles. The van der Waals surface area contributed by atoms with Crippen molar-refractivity contribution in [3.05, 3.63) is 84.7 Å². The summed E-state index contributed by atoms with van der Waals surface area (Å²) < 4.78 is 11.8. The summed E-state index contributed by atoms with van der Waals surface area (Å²) in [5.74, 6) is 2.49. The average Bonchev–Trinajstić information content (AvgIpc) is 2.69. The van der Waals surface area contributed by atoms with Gasteiger partial charge in [-0.05, 0) is 42.0 Å². The van der Waals surface area contributed by atoms with E-state index in [0.717, 1.165) is 16.8 Å². The van der Waals surface area contributed by atoms with E-state index in [1.54, 1.807) is 0 Å². The van der Waals surface area contributed by atoms with Gasteiger partial charge in [0.15, 0.2) is 0 Å². The zero-order valence-electron chi connectivity index (χ0n) is 14.0. The number of hydrogen-bond donors (Lipinski definition) is 1. The van der Waals surface area contributed by atoms with E-state index < -0.39 is 0 Å². The molecule has 0 amide bonds. The third-order valence-corrected chi connectivity index (χ3v) is 3.95. The first-order chi connectivity index (χ1) is 12.8. The minimum Gasteiger partial charge on any atom is -0.489 e. The summed E-state index contributed by atoms with van der Waals surface area (Å²) in [6.45, 7) is 0.526. The van der Waals surface area contributed by atoms with Gasteiger partial charge in [-0.2, -0.15) is 0 Å². The number of hydrogen-bond acceptors (Lipinski definition) is 5. The summed E-state index contributed by atoms with van der Waals surface area (Å²) in [5.41, 5.74) is 7.85. The third kappa shape index (κ3) is 3.42. The molecule has 1 aromatic heterocycles. The van der Waals surface area contributed by atoms with Crippen LogP contribution in [-0.2, 0) is 6.61 Å². The van der Waals surface area contributed by atoms with Gasteiger partial charge in [0.1, 0.15) is 36.0 Å². The highest BCUT2D eigenvalue weighted by Crippen LogP contribution is 2.32. The van der Waals surface area contributed by atoms with E-state index in [-0.39, 0.29) is 0 Å². The molecule has 0 radical (unpaired) electrons. The van der Waals surface area contributed by atoms with Crippen molar-refractivity contribution >= 4 is 16.7 Å². The maximum atomic E-state index is 5.98. The van der Waals surface area contributed by atoms with E-state index in [0.29, 0.717) is 29.3 Å². The fraction of sp³-hybridized carbons (Fsp3) is 0.0476. The van der Waals surface area contributed by atoms with Crippen molar-refractivity contribution in [2.24, 2.45) is 0 Å². The maximum Gasteiger partial charge on any atom is 0.140 e. The van der Waals surface area contributed by atoms with Gasteiger partial charge >= 0.3 is 0 Å². The predicted octanol–water partition coefficient (Wildman–Crippen LogP) is 4.58. The molecule has 0 aliphatic rings. The molecule has 4 rings (SSSR count). The van der Waals surface area contributed by atoms with E-state index in [4.69, 9.17) is 15.2 Å². The number of aromatic nitrogens is 2. The van der Waals surface area contributed by atoms with Gasteiger partial charge in [0.25, 0.3) is 0 Å². The number of rotatable bonds is 5. The lowest BCUT2D eigenvalue weighted by atomic mass is 10.2. The van der Waals surface area contributed by atoms with Crippen molar-refractivity contribution in [2.45, 2.75) is 6.61 Å². The lowest BCUT2D eigenvalue weighted by Gasteiger charge is -2.11. The lowest BCUT2D eigenvalue weighted by molar-refractivity contribution is 0.306. The van der Waals surface area contributed by atoms with Crippen LogP contribution in [0.1, 0.15) is 5.56 Å². The molecule has 0 atom stereocenters. The molecule has 0 spiro atoms. The molecule has 0 unspecified atom stereocenters. The molecule has 5 heteroatoms. The third-order valence-electron chi connectivity index (χ3n) is 3.95. The van der Waals surface area contributed by atoms with Crippen molar-refractivity contribution < 1.29 is 9.47 Å². The Morgan fingerprint density at radius 3 is 2.35 bits per heavy atom. The van der Waals surface area contributed by atoms with Gasteiger partial charge in [0, 0.05) is 0 Å². The highest BCUT2D eigenvalue weighted by Gasteiger charge is 2.08. The van der Waals surface area contributed by atoms with Crippen molar-refractivity contribution in [3.63, 3.8) is 0 Å². The highest BCUT2D eigenvalue weighted by atomic mass is 16.5. The Balaban J connectivity index is 1.50. The largest absolute Gasteiger partial charge is 0.489 e. The van der Waals surface area contributed by atoms with E-state index >= 15 is 0 Å². The zero-order chi connectivity index (χ0) is 17.8. The fourth-order valence-electron chi connectivity index (χ4n) is 2.66. The van der Waals surface area contributed by atoms with Crippen LogP contribution in [0.25, 0.3) is 10.9 Å². The van der Waals surface area contributed by atoms with Crippen molar-refractivity contribution in [1.82, 2.24) is 9.97 Å². The summed E-state index contributed by atoms with van der Waals surface area (Å²) >= 11 is 0. The summed E-state index contributed by atoms with van der Waals surface area (Å²) in [4.78, 5) is 8.26. The molecule has 0 bridgehead atoms. The molecule has 26 heavy (non-hydrogen) atoms. The van der Waals surface area contributed by atoms with Crippen LogP contribution < -0.4 is 15.2 Å². The Hall–Kier alpha value is -3.60. The molecule has 0 aliphatic carbocycles. The number of nitrogen functional groups attached to an aromatic ring is 1. The topological polar surface area (TPSA) is 70.3 Å². The Morgan fingerprint density at radius 1 is 0.769 bits per heavy atom. The molecule has 0 aliphatic heterocycles. The summed E-state index contributed by atoms with van der Waals surface area (Å²) in [7, 11) is 0. The van der Waals surface area contributed by atoms with Crippen LogP contribution in [0.2, 0.25) is 0 Å². The van der Waals surface area contributed by atoms with Crippen LogP contribution in [0.15, 0.2) is 79.1 Å². The summed E-state index contributed by atoms with van der Waals surface area (Å²) in [6.07, 6.45) is 1.44. The van der Waals surface area contributed by atoms with E-state index in [1.807, 2.05) is 72.8 Å². The second kappa shape index (κ2) is 7.11. The van der Waals surface area contributed by atoms with Crippen molar-refractivity contribution in [2.75, 3.05) is 5.73 Å². The van der Waals surface area contributed by atoms with Gasteiger partial charge in [0.05, 0.1) is 10.9 Å². The molecule has 0 saturated heterocycles. The second-order valence-electron chi connectivity index (χ2n) is 5.76. The van der Waals surface area contributed by atoms with Crippen molar-refractivity contribution in [1.29, 1.82) is 0 Å². The van der Waals surface area contributed by atoms with Crippen LogP contribution in [0.3, 0.4) is 0 Å². The van der Waals surface area contributed by atoms with Gasteiger partial charge in [-0.1, -0.05) is 36.4 Å². The molecular formula is C21H17N3O2. The SMILES string of the molecule is Nc1ncnc2cccc(Oc3ccc(OCc4ccccc4)cc3)c12. The van der Waals surface area contributed by atoms with Crippen LogP contribution in [-0.4, -0.2) is 9.97 Å². The first kappa shape index (κ1) is 15.9. The molecule has 128 valence electrons. The number of anilines is 1. The maximum absolute atomic E-state index is 5.98. The quantitative estimate of drug-likeness (QED) is 0.574. The van der Waals surface area contributed by atoms with Gasteiger partial charge in [0.2, 0.25) is 0 Å². The van der Waals surface area contributed by atoms with Gasteiger partial charge < -0.3 is 15.2 Å². The average molecular weight is 343 g/mol. The number of benzene rings is 3. The fourth-order valence-corrected chi connectivity index (χ4v) is 2.66.